The number of nitrogens with zero attached hydrogens (tertiary/aromatic N) is 1. The second-order valence-electron chi connectivity index (χ2n) is 6.03. The Morgan fingerprint density at radius 1 is 1.12 bits per heavy atom. The molecule has 32 heavy (non-hydrogen) atoms. The summed E-state index contributed by atoms with van der Waals surface area (Å²) in [5.74, 6) is 2.77. The van der Waals surface area contributed by atoms with Crippen LogP contribution in [0.3, 0.4) is 0 Å². The van der Waals surface area contributed by atoms with Gasteiger partial charge in [-0.3, -0.25) is 15.0 Å². The second-order valence-corrected chi connectivity index (χ2v) is 7.98. The van der Waals surface area contributed by atoms with Gasteiger partial charge in [0.15, 0.2) is 5.78 Å². The predicted molar refractivity (Wildman–Crippen MR) is 101 cm³/mol. The molecule has 2 aromatic rings. The summed E-state index contributed by atoms with van der Waals surface area (Å²) >= 11 is 0. The van der Waals surface area contributed by atoms with Crippen LogP contribution in [0.5, 0.6) is 5.75 Å². The van der Waals surface area contributed by atoms with Crippen molar-refractivity contribution in [2.45, 2.75) is 16.2 Å². The molecule has 0 radical (unpaired) electrons. The molecule has 0 bridgehead atoms. The van der Waals surface area contributed by atoms with Crippen LogP contribution in [0.1, 0.15) is 20.8 Å². The van der Waals surface area contributed by atoms with Crippen LogP contribution < -0.4 is 16.0 Å². The summed E-state index contributed by atoms with van der Waals surface area (Å²) in [5, 5.41) is 0. The number of alkyl halides is 3. The van der Waals surface area contributed by atoms with Crippen LogP contribution in [0.15, 0.2) is 46.3 Å². The summed E-state index contributed by atoms with van der Waals surface area (Å²) in [6.07, 6.45) is -4.12. The number of sulfone groups is 1. The van der Waals surface area contributed by atoms with Crippen LogP contribution in [-0.4, -0.2) is 58.4 Å². The lowest BCUT2D eigenvalue weighted by Crippen LogP contribution is -2.32. The Morgan fingerprint density at radius 3 is 2.34 bits per heavy atom. The maximum Gasteiger partial charge on any atom is 0.573 e. The number of halogens is 3. The molecule has 0 aliphatic carbocycles. The predicted octanol–water partition coefficient (Wildman–Crippen LogP) is 1.26. The number of aromatic nitrogens is 1. The maximum absolute atomic E-state index is 12.9. The van der Waals surface area contributed by atoms with Crippen molar-refractivity contribution in [2.75, 3.05) is 26.9 Å². The first kappa shape index (κ1) is 25.2. The molecule has 0 aliphatic heterocycles. The number of benzene rings is 1. The van der Waals surface area contributed by atoms with Crippen LogP contribution in [0, 0.1) is 0 Å². The van der Waals surface area contributed by atoms with E-state index in [0.717, 1.165) is 36.5 Å². The first-order chi connectivity index (χ1) is 15.0. The SMILES string of the molecule is COCCOCC(=O)c1cc(S(=O)(=O)c2ccc(OC(F)(F)F)cc2)cnc1C(=O)NN. The quantitative estimate of drug-likeness (QED) is 0.170. The summed E-state index contributed by atoms with van der Waals surface area (Å²) in [7, 11) is -2.88. The van der Waals surface area contributed by atoms with E-state index in [9.17, 15) is 31.2 Å². The molecule has 0 saturated carbocycles. The highest BCUT2D eigenvalue weighted by Gasteiger charge is 2.31. The van der Waals surface area contributed by atoms with E-state index in [4.69, 9.17) is 15.3 Å². The number of carbonyl (C=O) groups excluding carboxylic acids is 2. The number of rotatable bonds is 10. The van der Waals surface area contributed by atoms with Crippen molar-refractivity contribution in [3.8, 4) is 5.75 Å². The fraction of sp³-hybridized carbons (Fsp3) is 0.278. The average Bonchev–Trinajstić information content (AvgIpc) is 2.74. The maximum atomic E-state index is 12.9. The van der Waals surface area contributed by atoms with Crippen LogP contribution in [0.25, 0.3) is 0 Å². The van der Waals surface area contributed by atoms with E-state index in [2.05, 4.69) is 9.72 Å². The van der Waals surface area contributed by atoms with E-state index in [1.807, 2.05) is 0 Å². The molecule has 3 N–H and O–H groups in total. The molecule has 0 aliphatic rings. The number of amides is 1. The van der Waals surface area contributed by atoms with Gasteiger partial charge >= 0.3 is 6.36 Å². The third-order valence-corrected chi connectivity index (χ3v) is 5.59. The molecule has 1 heterocycles. The molecule has 0 unspecified atom stereocenters. The Morgan fingerprint density at radius 2 is 1.78 bits per heavy atom. The molecule has 0 atom stereocenters. The molecule has 1 aromatic heterocycles. The molecule has 1 amide bonds. The lowest BCUT2D eigenvalue weighted by Gasteiger charge is -2.12. The van der Waals surface area contributed by atoms with Crippen molar-refractivity contribution in [1.82, 2.24) is 10.4 Å². The van der Waals surface area contributed by atoms with Crippen molar-refractivity contribution >= 4 is 21.5 Å². The minimum absolute atomic E-state index is 0.0679. The van der Waals surface area contributed by atoms with Gasteiger partial charge in [0.25, 0.3) is 5.91 Å². The van der Waals surface area contributed by atoms with Crippen LogP contribution in [0.4, 0.5) is 13.2 Å². The zero-order valence-corrected chi connectivity index (χ0v) is 17.3. The standard InChI is InChI=1S/C18H18F3N3O7S/c1-29-6-7-30-10-15(25)14-8-13(9-23-16(14)17(26)24-22)32(27,28)12-4-2-11(3-5-12)31-18(19,20)21/h2-5,8-9H,6-7,10,22H2,1H3,(H,24,26). The van der Waals surface area contributed by atoms with Gasteiger partial charge in [0, 0.05) is 13.3 Å². The number of pyridine rings is 1. The summed E-state index contributed by atoms with van der Waals surface area (Å²) < 4.78 is 76.2. The number of hydrogen-bond acceptors (Lipinski definition) is 9. The highest BCUT2D eigenvalue weighted by molar-refractivity contribution is 7.91. The lowest BCUT2D eigenvalue weighted by atomic mass is 10.1. The highest BCUT2D eigenvalue weighted by atomic mass is 32.2. The highest BCUT2D eigenvalue weighted by Crippen LogP contribution is 2.27. The number of nitrogen functional groups attached to an aromatic ring is 1. The van der Waals surface area contributed by atoms with E-state index in [1.54, 1.807) is 5.43 Å². The summed E-state index contributed by atoms with van der Waals surface area (Å²) in [5.41, 5.74) is 0.996. The first-order valence-electron chi connectivity index (χ1n) is 8.71. The molecular formula is C18H18F3N3O7S. The smallest absolute Gasteiger partial charge is 0.406 e. The van der Waals surface area contributed by atoms with Crippen molar-refractivity contribution in [3.63, 3.8) is 0 Å². The zero-order valence-electron chi connectivity index (χ0n) is 16.5. The minimum atomic E-state index is -4.94. The van der Waals surface area contributed by atoms with Crippen molar-refractivity contribution < 1.29 is 45.4 Å². The minimum Gasteiger partial charge on any atom is -0.406 e. The van der Waals surface area contributed by atoms with Gasteiger partial charge in [-0.25, -0.2) is 19.2 Å². The Labute approximate surface area is 180 Å². The van der Waals surface area contributed by atoms with Gasteiger partial charge in [-0.2, -0.15) is 0 Å². The molecule has 0 spiro atoms. The van der Waals surface area contributed by atoms with Gasteiger partial charge in [-0.1, -0.05) is 0 Å². The van der Waals surface area contributed by atoms with Crippen molar-refractivity contribution in [3.05, 3.63) is 47.8 Å². The molecule has 0 fully saturated rings. The van der Waals surface area contributed by atoms with Gasteiger partial charge < -0.3 is 14.2 Å². The molecule has 14 heteroatoms. The van der Waals surface area contributed by atoms with E-state index in [0.29, 0.717) is 0 Å². The van der Waals surface area contributed by atoms with Crippen LogP contribution in [-0.2, 0) is 19.3 Å². The van der Waals surface area contributed by atoms with E-state index >= 15 is 0 Å². The Kier molecular flexibility index (Phi) is 8.26. The van der Waals surface area contributed by atoms with E-state index in [-0.39, 0.29) is 23.7 Å². The third-order valence-electron chi connectivity index (χ3n) is 3.85. The first-order valence-corrected chi connectivity index (χ1v) is 10.2. The summed E-state index contributed by atoms with van der Waals surface area (Å²) in [6.45, 7) is -0.231. The van der Waals surface area contributed by atoms with Gasteiger partial charge in [-0.15, -0.1) is 13.2 Å². The number of ketones is 1. The number of nitrogens with two attached hydrogens (primary N) is 1. The van der Waals surface area contributed by atoms with E-state index in [1.165, 1.54) is 7.11 Å². The van der Waals surface area contributed by atoms with Gasteiger partial charge in [-0.05, 0) is 30.3 Å². The monoisotopic (exact) mass is 477 g/mol. The molecule has 174 valence electrons. The fourth-order valence-electron chi connectivity index (χ4n) is 2.40. The van der Waals surface area contributed by atoms with Crippen LogP contribution in [0.2, 0.25) is 0 Å². The number of ether oxygens (including phenoxy) is 3. The molecule has 0 saturated heterocycles. The summed E-state index contributed by atoms with van der Waals surface area (Å²) in [4.78, 5) is 27.3. The zero-order chi connectivity index (χ0) is 23.9. The molecular weight excluding hydrogens is 459 g/mol. The average molecular weight is 477 g/mol. The van der Waals surface area contributed by atoms with Crippen LogP contribution >= 0.6 is 0 Å². The Balaban J connectivity index is 2.39. The van der Waals surface area contributed by atoms with Gasteiger partial charge in [0.05, 0.1) is 28.6 Å². The van der Waals surface area contributed by atoms with Crippen molar-refractivity contribution in [1.29, 1.82) is 0 Å². The number of hydrazine groups is 1. The molecule has 2 rings (SSSR count). The number of hydrogen-bond donors (Lipinski definition) is 2. The fourth-order valence-corrected chi connectivity index (χ4v) is 3.63. The number of Topliss-reactive ketones (excluding diaryl/α,β-unsaturated/α-hetero) is 1. The molecule has 1 aromatic carbocycles. The third kappa shape index (κ3) is 6.46. The summed E-state index contributed by atoms with van der Waals surface area (Å²) in [6, 6.07) is 4.34. The Bertz CT molecular complexity index is 1070. The van der Waals surface area contributed by atoms with Gasteiger partial charge in [0.1, 0.15) is 18.1 Å². The van der Waals surface area contributed by atoms with Crippen molar-refractivity contribution in [2.24, 2.45) is 5.84 Å². The topological polar surface area (TPSA) is 147 Å². The second kappa shape index (κ2) is 10.5. The number of methoxy groups -OCH3 is 1. The Hall–Kier alpha value is -3.07. The van der Waals surface area contributed by atoms with E-state index < -0.39 is 50.8 Å². The number of nitrogens with one attached hydrogen (secondary N) is 1. The normalized spacial score (nSPS) is 11.8. The van der Waals surface area contributed by atoms with Gasteiger partial charge in [0.2, 0.25) is 9.84 Å². The number of carbonyl (C=O) groups is 2. The molecule has 10 nitrogen and oxygen atoms in total. The lowest BCUT2D eigenvalue weighted by molar-refractivity contribution is -0.274. The largest absolute Gasteiger partial charge is 0.573 e.